The quantitative estimate of drug-likeness (QED) is 0.743. The van der Waals surface area contributed by atoms with Crippen LogP contribution in [0.25, 0.3) is 6.08 Å². The summed E-state index contributed by atoms with van der Waals surface area (Å²) in [6, 6.07) is 5.43. The zero-order chi connectivity index (χ0) is 19.3. The highest BCUT2D eigenvalue weighted by molar-refractivity contribution is 6.32. The van der Waals surface area contributed by atoms with Gasteiger partial charge in [-0.15, -0.1) is 0 Å². The molecule has 2 rings (SSSR count). The lowest BCUT2D eigenvalue weighted by Gasteiger charge is -2.12. The maximum absolute atomic E-state index is 12.3. The number of pyridine rings is 1. The highest BCUT2D eigenvalue weighted by Gasteiger charge is 2.11. The van der Waals surface area contributed by atoms with E-state index in [2.05, 4.69) is 10.3 Å². The second-order valence-corrected chi connectivity index (χ2v) is 6.24. The third-order valence-corrected chi connectivity index (χ3v) is 4.02. The molecular formula is C20H23ClN2O3. The number of rotatable bonds is 6. The van der Waals surface area contributed by atoms with Crippen molar-refractivity contribution in [2.24, 2.45) is 0 Å². The SMILES string of the molecule is CCOc1cc(/C=C/C(=O)Nc2c(C)cc(C)nc2C)cc(Cl)c1OC. The normalized spacial score (nSPS) is 10.8. The van der Waals surface area contributed by atoms with Crippen LogP contribution >= 0.6 is 11.6 Å². The van der Waals surface area contributed by atoms with Gasteiger partial charge in [-0.1, -0.05) is 11.6 Å². The Balaban J connectivity index is 2.20. The Bertz CT molecular complexity index is 824. The van der Waals surface area contributed by atoms with E-state index in [1.807, 2.05) is 33.8 Å². The van der Waals surface area contributed by atoms with Gasteiger partial charge in [-0.2, -0.15) is 0 Å². The minimum atomic E-state index is -0.244. The lowest BCUT2D eigenvalue weighted by molar-refractivity contribution is -0.111. The number of carbonyl (C=O) groups excluding carboxylic acids is 1. The summed E-state index contributed by atoms with van der Waals surface area (Å²) >= 11 is 6.22. The van der Waals surface area contributed by atoms with E-state index in [1.165, 1.54) is 13.2 Å². The summed E-state index contributed by atoms with van der Waals surface area (Å²) in [6.07, 6.45) is 3.13. The number of ether oxygens (including phenoxy) is 2. The van der Waals surface area contributed by atoms with Gasteiger partial charge in [-0.25, -0.2) is 0 Å². The third-order valence-electron chi connectivity index (χ3n) is 3.74. The van der Waals surface area contributed by atoms with E-state index in [-0.39, 0.29) is 5.91 Å². The number of benzene rings is 1. The summed E-state index contributed by atoms with van der Waals surface area (Å²) in [6.45, 7) is 8.10. The first-order valence-corrected chi connectivity index (χ1v) is 8.67. The Morgan fingerprint density at radius 2 is 2.00 bits per heavy atom. The van der Waals surface area contributed by atoms with Crippen LogP contribution in [0.1, 0.15) is 29.4 Å². The van der Waals surface area contributed by atoms with Crippen LogP contribution in [0.4, 0.5) is 5.69 Å². The van der Waals surface area contributed by atoms with Crippen LogP contribution in [-0.2, 0) is 4.79 Å². The molecule has 1 aromatic heterocycles. The fourth-order valence-corrected chi connectivity index (χ4v) is 2.99. The molecule has 0 atom stereocenters. The maximum Gasteiger partial charge on any atom is 0.248 e. The van der Waals surface area contributed by atoms with Gasteiger partial charge in [0.1, 0.15) is 0 Å². The molecule has 2 aromatic rings. The minimum absolute atomic E-state index is 0.244. The molecule has 1 N–H and O–H groups in total. The Kier molecular flexibility index (Phi) is 6.64. The van der Waals surface area contributed by atoms with E-state index >= 15 is 0 Å². The molecule has 0 spiro atoms. The molecule has 0 aliphatic rings. The fourth-order valence-electron chi connectivity index (χ4n) is 2.69. The molecule has 0 aliphatic heterocycles. The molecule has 138 valence electrons. The van der Waals surface area contributed by atoms with Crippen molar-refractivity contribution in [3.63, 3.8) is 0 Å². The van der Waals surface area contributed by atoms with Crippen molar-refractivity contribution < 1.29 is 14.3 Å². The van der Waals surface area contributed by atoms with E-state index in [0.717, 1.165) is 28.2 Å². The molecule has 1 amide bonds. The number of nitrogens with one attached hydrogen (secondary N) is 1. The first kappa shape index (κ1) is 19.8. The number of amides is 1. The summed E-state index contributed by atoms with van der Waals surface area (Å²) < 4.78 is 10.8. The molecule has 0 aliphatic carbocycles. The maximum atomic E-state index is 12.3. The predicted octanol–water partition coefficient (Wildman–Crippen LogP) is 4.72. The second-order valence-electron chi connectivity index (χ2n) is 5.83. The molecule has 26 heavy (non-hydrogen) atoms. The van der Waals surface area contributed by atoms with Crippen LogP contribution in [0.3, 0.4) is 0 Å². The largest absolute Gasteiger partial charge is 0.491 e. The third kappa shape index (κ3) is 4.76. The lowest BCUT2D eigenvalue weighted by Crippen LogP contribution is -2.11. The minimum Gasteiger partial charge on any atom is -0.491 e. The number of aromatic nitrogens is 1. The molecule has 0 saturated heterocycles. The Morgan fingerprint density at radius 1 is 1.27 bits per heavy atom. The van der Waals surface area contributed by atoms with Crippen molar-refractivity contribution in [3.05, 3.63) is 51.8 Å². The molecule has 5 nitrogen and oxygen atoms in total. The van der Waals surface area contributed by atoms with Crippen molar-refractivity contribution in [1.29, 1.82) is 0 Å². The van der Waals surface area contributed by atoms with Crippen LogP contribution in [0.15, 0.2) is 24.3 Å². The number of aryl methyl sites for hydroxylation is 3. The molecule has 0 saturated carbocycles. The Morgan fingerprint density at radius 3 is 2.62 bits per heavy atom. The second kappa shape index (κ2) is 8.72. The van der Waals surface area contributed by atoms with Crippen LogP contribution in [-0.4, -0.2) is 24.6 Å². The highest BCUT2D eigenvalue weighted by atomic mass is 35.5. The molecule has 6 heteroatoms. The topological polar surface area (TPSA) is 60.5 Å². The van der Waals surface area contributed by atoms with E-state index in [4.69, 9.17) is 21.1 Å². The standard InChI is InChI=1S/C20H23ClN2O3/c1-6-26-17-11-15(10-16(21)20(17)25-5)7-8-18(24)23-19-12(2)9-13(3)22-14(19)4/h7-11H,6H2,1-5H3,(H,23,24)/b8-7+. The molecule has 0 radical (unpaired) electrons. The fraction of sp³-hybridized carbons (Fsp3) is 0.300. The van der Waals surface area contributed by atoms with Gasteiger partial charge in [-0.05, 0) is 63.1 Å². The van der Waals surface area contributed by atoms with Gasteiger partial charge in [0.25, 0.3) is 0 Å². The number of methoxy groups -OCH3 is 1. The van der Waals surface area contributed by atoms with E-state index in [1.54, 1.807) is 18.2 Å². The van der Waals surface area contributed by atoms with Gasteiger partial charge in [0.2, 0.25) is 5.91 Å². The molecule has 0 bridgehead atoms. The molecular weight excluding hydrogens is 352 g/mol. The van der Waals surface area contributed by atoms with Gasteiger partial charge in [0.15, 0.2) is 11.5 Å². The first-order valence-electron chi connectivity index (χ1n) is 8.30. The first-order chi connectivity index (χ1) is 12.3. The Hall–Kier alpha value is -2.53. The van der Waals surface area contributed by atoms with Crippen molar-refractivity contribution in [2.75, 3.05) is 19.0 Å². The van der Waals surface area contributed by atoms with Crippen LogP contribution in [0.5, 0.6) is 11.5 Å². The van der Waals surface area contributed by atoms with E-state index in [9.17, 15) is 4.79 Å². The average molecular weight is 375 g/mol. The van der Waals surface area contributed by atoms with Crippen LogP contribution in [0, 0.1) is 20.8 Å². The monoisotopic (exact) mass is 374 g/mol. The van der Waals surface area contributed by atoms with Crippen molar-refractivity contribution in [2.45, 2.75) is 27.7 Å². The number of hydrogen-bond donors (Lipinski definition) is 1. The van der Waals surface area contributed by atoms with Crippen molar-refractivity contribution in [3.8, 4) is 11.5 Å². The predicted molar refractivity (Wildman–Crippen MR) is 105 cm³/mol. The summed E-state index contributed by atoms with van der Waals surface area (Å²) in [5.74, 6) is 0.774. The summed E-state index contributed by atoms with van der Waals surface area (Å²) in [7, 11) is 1.53. The summed E-state index contributed by atoms with van der Waals surface area (Å²) in [5, 5.41) is 3.30. The van der Waals surface area contributed by atoms with E-state index in [0.29, 0.717) is 23.1 Å². The summed E-state index contributed by atoms with van der Waals surface area (Å²) in [4.78, 5) is 16.7. The lowest BCUT2D eigenvalue weighted by atomic mass is 10.1. The summed E-state index contributed by atoms with van der Waals surface area (Å²) in [5.41, 5.74) is 4.15. The van der Waals surface area contributed by atoms with Gasteiger partial charge in [0.05, 0.1) is 30.1 Å². The van der Waals surface area contributed by atoms with Crippen molar-refractivity contribution in [1.82, 2.24) is 4.98 Å². The van der Waals surface area contributed by atoms with Gasteiger partial charge >= 0.3 is 0 Å². The number of carbonyl (C=O) groups is 1. The number of hydrogen-bond acceptors (Lipinski definition) is 4. The van der Waals surface area contributed by atoms with Crippen LogP contribution < -0.4 is 14.8 Å². The van der Waals surface area contributed by atoms with Crippen LogP contribution in [0.2, 0.25) is 5.02 Å². The number of halogens is 1. The van der Waals surface area contributed by atoms with Gasteiger partial charge in [-0.3, -0.25) is 9.78 Å². The zero-order valence-electron chi connectivity index (χ0n) is 15.6. The molecule has 0 unspecified atom stereocenters. The van der Waals surface area contributed by atoms with Gasteiger partial charge in [0, 0.05) is 11.8 Å². The smallest absolute Gasteiger partial charge is 0.248 e. The zero-order valence-corrected chi connectivity index (χ0v) is 16.4. The molecule has 1 aromatic carbocycles. The van der Waals surface area contributed by atoms with E-state index < -0.39 is 0 Å². The average Bonchev–Trinajstić information content (AvgIpc) is 2.56. The molecule has 1 heterocycles. The number of nitrogens with zero attached hydrogens (tertiary/aromatic N) is 1. The van der Waals surface area contributed by atoms with Gasteiger partial charge < -0.3 is 14.8 Å². The number of anilines is 1. The Labute approximate surface area is 159 Å². The highest BCUT2D eigenvalue weighted by Crippen LogP contribution is 2.36. The molecule has 0 fully saturated rings. The van der Waals surface area contributed by atoms with Crippen molar-refractivity contribution >= 4 is 29.3 Å².